The Bertz CT molecular complexity index is 301. The lowest BCUT2D eigenvalue weighted by Crippen LogP contribution is -2.08. The largest absolute Gasteiger partial charge is 0.461 e. The van der Waals surface area contributed by atoms with Gasteiger partial charge in [-0.25, -0.2) is 9.78 Å². The fourth-order valence-corrected chi connectivity index (χ4v) is 1.61. The second-order valence-electron chi connectivity index (χ2n) is 2.49. The fourth-order valence-electron chi connectivity index (χ4n) is 0.817. The summed E-state index contributed by atoms with van der Waals surface area (Å²) in [6, 6.07) is 0. The molecule has 14 heavy (non-hydrogen) atoms. The number of hydrogen-bond donors (Lipinski definition) is 1. The van der Waals surface area contributed by atoms with Crippen LogP contribution in [0.25, 0.3) is 0 Å². The highest BCUT2D eigenvalue weighted by Crippen LogP contribution is 2.18. The summed E-state index contributed by atoms with van der Waals surface area (Å²) >= 11 is 5.39. The molecular weight excluding hydrogens is 222 g/mol. The lowest BCUT2D eigenvalue weighted by atomic mass is 10.4. The van der Waals surface area contributed by atoms with Gasteiger partial charge in [0.15, 0.2) is 5.69 Å². The zero-order valence-electron chi connectivity index (χ0n) is 7.73. The molecule has 1 rings (SSSR count). The molecule has 0 saturated heterocycles. The van der Waals surface area contributed by atoms with E-state index in [1.165, 1.54) is 11.3 Å². The summed E-state index contributed by atoms with van der Waals surface area (Å²) in [4.78, 5) is 15.2. The van der Waals surface area contributed by atoms with Crippen LogP contribution in [0.15, 0.2) is 9.72 Å². The van der Waals surface area contributed by atoms with Crippen LogP contribution in [-0.4, -0.2) is 31.3 Å². The molecule has 0 amide bonds. The van der Waals surface area contributed by atoms with E-state index in [0.717, 1.165) is 0 Å². The third kappa shape index (κ3) is 3.28. The first-order valence-electron chi connectivity index (χ1n) is 4.04. The molecule has 1 aromatic heterocycles. The molecule has 6 heteroatoms. The van der Waals surface area contributed by atoms with Gasteiger partial charge in [0.1, 0.15) is 0 Å². The molecule has 0 saturated carbocycles. The highest BCUT2D eigenvalue weighted by atomic mass is 32.2. The predicted molar refractivity (Wildman–Crippen MR) is 56.1 cm³/mol. The van der Waals surface area contributed by atoms with Crippen LogP contribution in [0.1, 0.15) is 16.9 Å². The van der Waals surface area contributed by atoms with Crippen LogP contribution in [0.5, 0.6) is 0 Å². The third-order valence-electron chi connectivity index (χ3n) is 1.47. The van der Waals surface area contributed by atoms with E-state index >= 15 is 0 Å². The maximum absolute atomic E-state index is 11.3. The van der Waals surface area contributed by atoms with Crippen molar-refractivity contribution < 1.29 is 14.3 Å². The van der Waals surface area contributed by atoms with Gasteiger partial charge in [0.2, 0.25) is 0 Å². The number of thiol groups is 1. The topological polar surface area (TPSA) is 48.4 Å². The minimum Gasteiger partial charge on any atom is -0.461 e. The summed E-state index contributed by atoms with van der Waals surface area (Å²) in [7, 11) is 1.61. The second-order valence-corrected chi connectivity index (χ2v) is 4.09. The van der Waals surface area contributed by atoms with Gasteiger partial charge in [-0.05, 0) is 0 Å². The summed E-state index contributed by atoms with van der Waals surface area (Å²) in [5, 5.41) is 0. The second kappa shape index (κ2) is 6.00. The zero-order valence-corrected chi connectivity index (χ0v) is 9.44. The van der Waals surface area contributed by atoms with Crippen LogP contribution in [0.4, 0.5) is 0 Å². The summed E-state index contributed by atoms with van der Waals surface area (Å²) < 4.78 is 10.3. The van der Waals surface area contributed by atoms with Crippen molar-refractivity contribution in [2.45, 2.75) is 10.6 Å². The minimum absolute atomic E-state index is 0.288. The normalized spacial score (nSPS) is 10.1. The molecule has 1 heterocycles. The van der Waals surface area contributed by atoms with Crippen LogP contribution in [0.3, 0.4) is 0 Å². The number of carbonyl (C=O) groups is 1. The van der Waals surface area contributed by atoms with E-state index in [2.05, 4.69) is 17.6 Å². The SMILES string of the molecule is COCCCOC(=O)c1ncsc1S. The van der Waals surface area contributed by atoms with Crippen LogP contribution in [0.2, 0.25) is 0 Å². The number of methoxy groups -OCH3 is 1. The average molecular weight is 233 g/mol. The van der Waals surface area contributed by atoms with Gasteiger partial charge in [-0.2, -0.15) is 0 Å². The maximum atomic E-state index is 11.3. The van der Waals surface area contributed by atoms with Gasteiger partial charge in [-0.1, -0.05) is 0 Å². The third-order valence-corrected chi connectivity index (χ3v) is 2.62. The molecular formula is C8H11NO3S2. The Labute approximate surface area is 91.7 Å². The number of aromatic nitrogens is 1. The van der Waals surface area contributed by atoms with Gasteiger partial charge >= 0.3 is 5.97 Å². The van der Waals surface area contributed by atoms with E-state index in [-0.39, 0.29) is 5.69 Å². The first kappa shape index (κ1) is 11.5. The Balaban J connectivity index is 2.32. The number of nitrogens with zero attached hydrogens (tertiary/aromatic N) is 1. The Kier molecular flexibility index (Phi) is 4.92. The standard InChI is InChI=1S/C8H11NO3S2/c1-11-3-2-4-12-7(10)6-8(13)14-5-9-6/h5,13H,2-4H2,1H3. The number of thiazole rings is 1. The van der Waals surface area contributed by atoms with Gasteiger partial charge in [0, 0.05) is 20.1 Å². The lowest BCUT2D eigenvalue weighted by Gasteiger charge is -2.02. The van der Waals surface area contributed by atoms with E-state index in [1.54, 1.807) is 12.6 Å². The molecule has 0 aliphatic carbocycles. The number of hydrogen-bond acceptors (Lipinski definition) is 6. The molecule has 0 bridgehead atoms. The Morgan fingerprint density at radius 1 is 1.64 bits per heavy atom. The maximum Gasteiger partial charge on any atom is 0.358 e. The van der Waals surface area contributed by atoms with Crippen molar-refractivity contribution in [1.82, 2.24) is 4.98 Å². The predicted octanol–water partition coefficient (Wildman–Crippen LogP) is 1.63. The molecule has 0 fully saturated rings. The van der Waals surface area contributed by atoms with Crippen molar-refractivity contribution in [1.29, 1.82) is 0 Å². The first-order valence-corrected chi connectivity index (χ1v) is 5.37. The molecule has 0 atom stereocenters. The summed E-state index contributed by atoms with van der Waals surface area (Å²) in [5.41, 5.74) is 1.85. The minimum atomic E-state index is -0.424. The summed E-state index contributed by atoms with van der Waals surface area (Å²) in [6.45, 7) is 0.926. The highest BCUT2D eigenvalue weighted by Gasteiger charge is 2.13. The van der Waals surface area contributed by atoms with Gasteiger partial charge in [-0.15, -0.1) is 24.0 Å². The molecule has 0 unspecified atom stereocenters. The van der Waals surface area contributed by atoms with Crippen molar-refractivity contribution in [3.63, 3.8) is 0 Å². The Morgan fingerprint density at radius 2 is 2.43 bits per heavy atom. The van der Waals surface area contributed by atoms with Crippen LogP contribution in [0, 0.1) is 0 Å². The number of ether oxygens (including phenoxy) is 2. The first-order chi connectivity index (χ1) is 6.75. The van der Waals surface area contributed by atoms with Gasteiger partial charge in [0.25, 0.3) is 0 Å². The lowest BCUT2D eigenvalue weighted by molar-refractivity contribution is 0.0459. The van der Waals surface area contributed by atoms with E-state index in [9.17, 15) is 4.79 Å². The summed E-state index contributed by atoms with van der Waals surface area (Å²) in [5.74, 6) is -0.424. The van der Waals surface area contributed by atoms with Crippen LogP contribution < -0.4 is 0 Å². The molecule has 78 valence electrons. The van der Waals surface area contributed by atoms with Crippen LogP contribution in [-0.2, 0) is 9.47 Å². The van der Waals surface area contributed by atoms with Crippen LogP contribution >= 0.6 is 24.0 Å². The van der Waals surface area contributed by atoms with E-state index in [4.69, 9.17) is 9.47 Å². The number of carbonyl (C=O) groups excluding carboxylic acids is 1. The molecule has 0 aromatic carbocycles. The molecule has 0 spiro atoms. The quantitative estimate of drug-likeness (QED) is 0.477. The average Bonchev–Trinajstić information content (AvgIpc) is 2.59. The molecule has 4 nitrogen and oxygen atoms in total. The van der Waals surface area contributed by atoms with Crippen molar-refractivity contribution in [3.05, 3.63) is 11.2 Å². The Hall–Kier alpha value is -0.590. The van der Waals surface area contributed by atoms with Gasteiger partial charge in [-0.3, -0.25) is 0 Å². The molecule has 1 aromatic rings. The van der Waals surface area contributed by atoms with Crippen molar-refractivity contribution in [3.8, 4) is 0 Å². The molecule has 0 N–H and O–H groups in total. The van der Waals surface area contributed by atoms with Gasteiger partial charge < -0.3 is 9.47 Å². The molecule has 0 aliphatic rings. The van der Waals surface area contributed by atoms with Crippen molar-refractivity contribution in [2.75, 3.05) is 20.3 Å². The Morgan fingerprint density at radius 3 is 3.00 bits per heavy atom. The monoisotopic (exact) mass is 233 g/mol. The van der Waals surface area contributed by atoms with E-state index in [1.807, 2.05) is 0 Å². The molecule has 0 aliphatic heterocycles. The van der Waals surface area contributed by atoms with Crippen molar-refractivity contribution >= 4 is 29.9 Å². The summed E-state index contributed by atoms with van der Waals surface area (Å²) in [6.07, 6.45) is 0.689. The van der Waals surface area contributed by atoms with E-state index < -0.39 is 5.97 Å². The number of rotatable bonds is 5. The fraction of sp³-hybridized carbons (Fsp3) is 0.500. The van der Waals surface area contributed by atoms with Crippen molar-refractivity contribution in [2.24, 2.45) is 0 Å². The highest BCUT2D eigenvalue weighted by molar-refractivity contribution is 7.82. The zero-order chi connectivity index (χ0) is 10.4. The number of esters is 1. The molecule has 0 radical (unpaired) electrons. The van der Waals surface area contributed by atoms with E-state index in [0.29, 0.717) is 23.8 Å². The smallest absolute Gasteiger partial charge is 0.358 e. The van der Waals surface area contributed by atoms with Gasteiger partial charge in [0.05, 0.1) is 16.3 Å².